The number of nitro benzene ring substituents is 1. The molecule has 0 aromatic heterocycles. The van der Waals surface area contributed by atoms with Gasteiger partial charge in [-0.15, -0.1) is 0 Å². The highest BCUT2D eigenvalue weighted by Gasteiger charge is 2.23. The Balaban J connectivity index is 1.98. The molecule has 0 saturated carbocycles. The summed E-state index contributed by atoms with van der Waals surface area (Å²) < 4.78 is 0. The van der Waals surface area contributed by atoms with Crippen molar-refractivity contribution in [2.24, 2.45) is 0 Å². The average Bonchev–Trinajstić information content (AvgIpc) is 2.53. The van der Waals surface area contributed by atoms with Gasteiger partial charge in [0.2, 0.25) is 0 Å². The van der Waals surface area contributed by atoms with E-state index in [0.29, 0.717) is 24.1 Å². The molecule has 0 atom stereocenters. The Labute approximate surface area is 122 Å². The normalized spacial score (nSPS) is 13.6. The highest BCUT2D eigenvalue weighted by atomic mass is 16.6. The number of hydrogen-bond donors (Lipinski definition) is 0. The molecular formula is C16H14N2O3. The van der Waals surface area contributed by atoms with Crippen molar-refractivity contribution in [2.45, 2.75) is 13.0 Å². The van der Waals surface area contributed by atoms with Crippen LogP contribution in [0.2, 0.25) is 0 Å². The molecule has 0 N–H and O–H groups in total. The van der Waals surface area contributed by atoms with Crippen LogP contribution in [0.4, 0.5) is 11.4 Å². The van der Waals surface area contributed by atoms with Gasteiger partial charge in [0.25, 0.3) is 5.69 Å². The summed E-state index contributed by atoms with van der Waals surface area (Å²) in [5.41, 5.74) is 3.36. The monoisotopic (exact) mass is 282 g/mol. The van der Waals surface area contributed by atoms with Gasteiger partial charge in [0.05, 0.1) is 4.92 Å². The fourth-order valence-corrected chi connectivity index (χ4v) is 2.73. The molecule has 2 aromatic carbocycles. The van der Waals surface area contributed by atoms with E-state index in [9.17, 15) is 14.9 Å². The first-order valence-corrected chi connectivity index (χ1v) is 6.74. The highest BCUT2D eigenvalue weighted by Crippen LogP contribution is 2.32. The Hall–Kier alpha value is -2.69. The van der Waals surface area contributed by atoms with E-state index >= 15 is 0 Å². The molecule has 0 spiro atoms. The molecule has 0 fully saturated rings. The van der Waals surface area contributed by atoms with Crippen LogP contribution < -0.4 is 4.90 Å². The zero-order valence-electron chi connectivity index (χ0n) is 11.4. The number of nitro groups is 1. The van der Waals surface area contributed by atoms with Crippen molar-refractivity contribution in [1.82, 2.24) is 0 Å². The summed E-state index contributed by atoms with van der Waals surface area (Å²) in [7, 11) is 0. The maximum Gasteiger partial charge on any atom is 0.293 e. The van der Waals surface area contributed by atoms with Crippen molar-refractivity contribution in [2.75, 3.05) is 11.4 Å². The molecule has 5 heteroatoms. The number of carbonyl (C=O) groups is 1. The molecule has 2 aromatic rings. The molecule has 0 aliphatic carbocycles. The second-order valence-corrected chi connectivity index (χ2v) is 5.06. The third-order valence-electron chi connectivity index (χ3n) is 3.80. The van der Waals surface area contributed by atoms with Crippen molar-refractivity contribution in [3.8, 4) is 0 Å². The van der Waals surface area contributed by atoms with Crippen molar-refractivity contribution in [3.05, 3.63) is 69.3 Å². The molecule has 106 valence electrons. The number of rotatable bonds is 3. The van der Waals surface area contributed by atoms with E-state index in [1.165, 1.54) is 17.2 Å². The first-order chi connectivity index (χ1) is 10.2. The molecule has 1 heterocycles. The van der Waals surface area contributed by atoms with Gasteiger partial charge in [0.15, 0.2) is 0 Å². The van der Waals surface area contributed by atoms with Crippen molar-refractivity contribution < 1.29 is 9.72 Å². The maximum atomic E-state index is 11.2. The van der Waals surface area contributed by atoms with Crippen LogP contribution in [0.1, 0.15) is 21.5 Å². The SMILES string of the molecule is O=Cc1ccc(N2CCc3ccccc3C2)c([N+](=O)[O-])c1. The van der Waals surface area contributed by atoms with Gasteiger partial charge >= 0.3 is 0 Å². The molecule has 5 nitrogen and oxygen atoms in total. The summed E-state index contributed by atoms with van der Waals surface area (Å²) in [5, 5.41) is 11.2. The average molecular weight is 282 g/mol. The predicted octanol–water partition coefficient (Wildman–Crippen LogP) is 2.97. The minimum atomic E-state index is -0.428. The van der Waals surface area contributed by atoms with E-state index in [4.69, 9.17) is 0 Å². The number of fused-ring (bicyclic) bond motifs is 1. The second kappa shape index (κ2) is 5.36. The summed E-state index contributed by atoms with van der Waals surface area (Å²) in [6, 6.07) is 12.8. The van der Waals surface area contributed by atoms with Crippen molar-refractivity contribution >= 4 is 17.7 Å². The summed E-state index contributed by atoms with van der Waals surface area (Å²) in [4.78, 5) is 23.6. The van der Waals surface area contributed by atoms with E-state index in [2.05, 4.69) is 6.07 Å². The van der Waals surface area contributed by atoms with Crippen molar-refractivity contribution in [3.63, 3.8) is 0 Å². The minimum Gasteiger partial charge on any atom is -0.361 e. The topological polar surface area (TPSA) is 63.5 Å². The van der Waals surface area contributed by atoms with Crippen LogP contribution in [0.3, 0.4) is 0 Å². The summed E-state index contributed by atoms with van der Waals surface area (Å²) in [6.07, 6.45) is 1.49. The molecule has 0 amide bonds. The third kappa shape index (κ3) is 2.50. The quantitative estimate of drug-likeness (QED) is 0.493. The molecular weight excluding hydrogens is 268 g/mol. The zero-order chi connectivity index (χ0) is 14.8. The van der Waals surface area contributed by atoms with Gasteiger partial charge in [-0.25, -0.2) is 0 Å². The van der Waals surface area contributed by atoms with Gasteiger partial charge in [-0.2, -0.15) is 0 Å². The summed E-state index contributed by atoms with van der Waals surface area (Å²) in [6.45, 7) is 1.38. The largest absolute Gasteiger partial charge is 0.361 e. The standard InChI is InChI=1S/C16H14N2O3/c19-11-12-5-6-15(16(9-12)18(20)21)17-8-7-13-3-1-2-4-14(13)10-17/h1-6,9,11H,7-8,10H2. The predicted molar refractivity (Wildman–Crippen MR) is 79.7 cm³/mol. The number of hydrogen-bond acceptors (Lipinski definition) is 4. The lowest BCUT2D eigenvalue weighted by Crippen LogP contribution is -2.30. The zero-order valence-corrected chi connectivity index (χ0v) is 11.4. The number of aldehydes is 1. The lowest BCUT2D eigenvalue weighted by atomic mass is 9.99. The molecule has 1 aliphatic rings. The smallest absolute Gasteiger partial charge is 0.293 e. The van der Waals surface area contributed by atoms with Crippen LogP contribution in [-0.4, -0.2) is 17.8 Å². The van der Waals surface area contributed by atoms with E-state index in [1.54, 1.807) is 12.1 Å². The molecule has 0 radical (unpaired) electrons. The fraction of sp³-hybridized carbons (Fsp3) is 0.188. The molecule has 0 unspecified atom stereocenters. The van der Waals surface area contributed by atoms with E-state index in [1.807, 2.05) is 23.1 Å². The van der Waals surface area contributed by atoms with E-state index in [0.717, 1.165) is 13.0 Å². The molecule has 0 bridgehead atoms. The van der Waals surface area contributed by atoms with Gasteiger partial charge in [-0.05, 0) is 29.7 Å². The van der Waals surface area contributed by atoms with Crippen LogP contribution in [0.5, 0.6) is 0 Å². The third-order valence-corrected chi connectivity index (χ3v) is 3.80. The van der Waals surface area contributed by atoms with Crippen LogP contribution >= 0.6 is 0 Å². The Bertz CT molecular complexity index is 712. The first kappa shape index (κ1) is 13.3. The van der Waals surface area contributed by atoms with Gasteiger partial charge in [-0.3, -0.25) is 14.9 Å². The van der Waals surface area contributed by atoms with Gasteiger partial charge in [0.1, 0.15) is 12.0 Å². The maximum absolute atomic E-state index is 11.2. The summed E-state index contributed by atoms with van der Waals surface area (Å²) in [5.74, 6) is 0. The lowest BCUT2D eigenvalue weighted by molar-refractivity contribution is -0.384. The Kier molecular flexibility index (Phi) is 3.39. The lowest BCUT2D eigenvalue weighted by Gasteiger charge is -2.30. The van der Waals surface area contributed by atoms with Crippen LogP contribution in [0.15, 0.2) is 42.5 Å². The molecule has 0 saturated heterocycles. The van der Waals surface area contributed by atoms with Gasteiger partial charge < -0.3 is 4.90 Å². The van der Waals surface area contributed by atoms with Crippen LogP contribution in [-0.2, 0) is 13.0 Å². The second-order valence-electron chi connectivity index (χ2n) is 5.06. The Morgan fingerprint density at radius 3 is 2.62 bits per heavy atom. The number of nitrogens with zero attached hydrogens (tertiary/aromatic N) is 2. The number of anilines is 1. The van der Waals surface area contributed by atoms with Gasteiger partial charge in [-0.1, -0.05) is 24.3 Å². The molecule has 21 heavy (non-hydrogen) atoms. The van der Waals surface area contributed by atoms with Crippen LogP contribution in [0, 0.1) is 10.1 Å². The van der Waals surface area contributed by atoms with Crippen LogP contribution in [0.25, 0.3) is 0 Å². The van der Waals surface area contributed by atoms with Crippen molar-refractivity contribution in [1.29, 1.82) is 0 Å². The minimum absolute atomic E-state index is 0.0148. The first-order valence-electron chi connectivity index (χ1n) is 6.74. The van der Waals surface area contributed by atoms with Gasteiger partial charge in [0, 0.05) is 24.7 Å². The number of carbonyl (C=O) groups excluding carboxylic acids is 1. The summed E-state index contributed by atoms with van der Waals surface area (Å²) >= 11 is 0. The fourth-order valence-electron chi connectivity index (χ4n) is 2.73. The van der Waals surface area contributed by atoms with E-state index < -0.39 is 4.92 Å². The molecule has 3 rings (SSSR count). The van der Waals surface area contributed by atoms with E-state index in [-0.39, 0.29) is 5.69 Å². The number of benzene rings is 2. The highest BCUT2D eigenvalue weighted by molar-refractivity contribution is 5.79. The Morgan fingerprint density at radius 1 is 1.14 bits per heavy atom. The Morgan fingerprint density at radius 2 is 1.90 bits per heavy atom. The molecule has 1 aliphatic heterocycles.